The van der Waals surface area contributed by atoms with Crippen molar-refractivity contribution in [2.45, 2.75) is 19.9 Å². The van der Waals surface area contributed by atoms with Crippen molar-refractivity contribution in [2.75, 3.05) is 6.61 Å². The highest BCUT2D eigenvalue weighted by molar-refractivity contribution is 6.31. The predicted octanol–water partition coefficient (Wildman–Crippen LogP) is 3.82. The molecule has 19 heavy (non-hydrogen) atoms. The third-order valence-electron chi connectivity index (χ3n) is 2.85. The number of nitrogens with zero attached hydrogens (tertiary/aromatic N) is 1. The average molecular weight is 277 g/mol. The van der Waals surface area contributed by atoms with E-state index < -0.39 is 0 Å². The van der Waals surface area contributed by atoms with Crippen LogP contribution in [0, 0.1) is 0 Å². The lowest BCUT2D eigenvalue weighted by Gasteiger charge is -2.11. The molecular formula is C15H17ClN2O. The molecule has 0 aliphatic heterocycles. The van der Waals surface area contributed by atoms with Crippen molar-refractivity contribution in [3.8, 4) is 16.9 Å². The fourth-order valence-corrected chi connectivity index (χ4v) is 2.25. The summed E-state index contributed by atoms with van der Waals surface area (Å²) in [6.07, 6.45) is 3.49. The molecule has 0 bridgehead atoms. The summed E-state index contributed by atoms with van der Waals surface area (Å²) in [6, 6.07) is 7.74. The fraction of sp³-hybridized carbons (Fsp3) is 0.267. The Hall–Kier alpha value is -1.58. The van der Waals surface area contributed by atoms with Crippen LogP contribution in [-0.2, 0) is 0 Å². The van der Waals surface area contributed by atoms with Gasteiger partial charge in [0.15, 0.2) is 0 Å². The summed E-state index contributed by atoms with van der Waals surface area (Å²) in [7, 11) is 0. The number of rotatable bonds is 4. The van der Waals surface area contributed by atoms with E-state index in [9.17, 15) is 0 Å². The monoisotopic (exact) mass is 276 g/mol. The molecule has 1 aromatic heterocycles. The molecule has 0 aliphatic rings. The molecule has 0 amide bonds. The number of hydrogen-bond donors (Lipinski definition) is 1. The highest BCUT2D eigenvalue weighted by Crippen LogP contribution is 2.29. The zero-order valence-electron chi connectivity index (χ0n) is 11.1. The Morgan fingerprint density at radius 2 is 2.05 bits per heavy atom. The van der Waals surface area contributed by atoms with E-state index in [0.29, 0.717) is 11.6 Å². The number of nitrogens with two attached hydrogens (primary N) is 1. The summed E-state index contributed by atoms with van der Waals surface area (Å²) in [5, 5.41) is 0.675. The Balaban J connectivity index is 2.36. The van der Waals surface area contributed by atoms with Crippen LogP contribution < -0.4 is 10.5 Å². The molecule has 0 spiro atoms. The molecule has 0 aliphatic carbocycles. The molecule has 1 heterocycles. The van der Waals surface area contributed by atoms with E-state index in [-0.39, 0.29) is 6.04 Å². The first-order valence-electron chi connectivity index (χ1n) is 6.25. The standard InChI is InChI=1S/C15H17ClN2O/c1-3-19-13-6-12(8-18-9-13)11-4-5-14(10(2)17)15(16)7-11/h4-10H,3,17H2,1-2H3. The molecule has 0 saturated heterocycles. The summed E-state index contributed by atoms with van der Waals surface area (Å²) < 4.78 is 5.44. The zero-order valence-corrected chi connectivity index (χ0v) is 11.8. The van der Waals surface area contributed by atoms with Crippen molar-refractivity contribution < 1.29 is 4.74 Å². The number of benzene rings is 1. The number of ether oxygens (including phenoxy) is 1. The first-order chi connectivity index (χ1) is 9.11. The third-order valence-corrected chi connectivity index (χ3v) is 3.18. The molecule has 0 radical (unpaired) electrons. The smallest absolute Gasteiger partial charge is 0.138 e. The van der Waals surface area contributed by atoms with Crippen LogP contribution in [0.25, 0.3) is 11.1 Å². The summed E-state index contributed by atoms with van der Waals surface area (Å²) >= 11 is 6.24. The van der Waals surface area contributed by atoms with Crippen molar-refractivity contribution in [3.63, 3.8) is 0 Å². The van der Waals surface area contributed by atoms with Crippen LogP contribution in [0.5, 0.6) is 5.75 Å². The molecule has 0 saturated carbocycles. The number of aromatic nitrogens is 1. The molecular weight excluding hydrogens is 260 g/mol. The van der Waals surface area contributed by atoms with Gasteiger partial charge in [-0.25, -0.2) is 0 Å². The van der Waals surface area contributed by atoms with Crippen molar-refractivity contribution in [1.29, 1.82) is 0 Å². The number of pyridine rings is 1. The zero-order chi connectivity index (χ0) is 13.8. The molecule has 2 rings (SSSR count). The largest absolute Gasteiger partial charge is 0.492 e. The molecule has 1 atom stereocenters. The van der Waals surface area contributed by atoms with Crippen LogP contribution >= 0.6 is 11.6 Å². The lowest BCUT2D eigenvalue weighted by Crippen LogP contribution is -2.05. The highest BCUT2D eigenvalue weighted by Gasteiger charge is 2.08. The molecule has 4 heteroatoms. The van der Waals surface area contributed by atoms with Crippen LogP contribution in [0.2, 0.25) is 5.02 Å². The predicted molar refractivity (Wildman–Crippen MR) is 78.5 cm³/mol. The Bertz CT molecular complexity index is 570. The van der Waals surface area contributed by atoms with Gasteiger partial charge < -0.3 is 10.5 Å². The summed E-state index contributed by atoms with van der Waals surface area (Å²) in [4.78, 5) is 4.17. The fourth-order valence-electron chi connectivity index (χ4n) is 1.90. The van der Waals surface area contributed by atoms with Crippen LogP contribution in [-0.4, -0.2) is 11.6 Å². The third kappa shape index (κ3) is 3.25. The van der Waals surface area contributed by atoms with E-state index in [1.54, 1.807) is 12.4 Å². The topological polar surface area (TPSA) is 48.1 Å². The SMILES string of the molecule is CCOc1cncc(-c2ccc(C(C)N)c(Cl)c2)c1. The molecule has 1 unspecified atom stereocenters. The van der Waals surface area contributed by atoms with E-state index in [1.807, 2.05) is 38.1 Å². The normalized spacial score (nSPS) is 12.2. The molecule has 100 valence electrons. The van der Waals surface area contributed by atoms with Crippen molar-refractivity contribution in [3.05, 3.63) is 47.2 Å². The van der Waals surface area contributed by atoms with Crippen LogP contribution in [0.15, 0.2) is 36.7 Å². The van der Waals surface area contributed by atoms with Gasteiger partial charge in [-0.05, 0) is 37.1 Å². The highest BCUT2D eigenvalue weighted by atomic mass is 35.5. The molecule has 0 fully saturated rings. The molecule has 2 N–H and O–H groups in total. The minimum atomic E-state index is -0.0746. The Labute approximate surface area is 118 Å². The number of halogens is 1. The van der Waals surface area contributed by atoms with E-state index in [2.05, 4.69) is 4.98 Å². The van der Waals surface area contributed by atoms with Gasteiger partial charge in [0.1, 0.15) is 5.75 Å². The van der Waals surface area contributed by atoms with Crippen molar-refractivity contribution in [2.24, 2.45) is 5.73 Å². The van der Waals surface area contributed by atoms with Gasteiger partial charge in [-0.15, -0.1) is 0 Å². The summed E-state index contributed by atoms with van der Waals surface area (Å²) in [5.41, 5.74) is 8.77. The average Bonchev–Trinajstić information content (AvgIpc) is 2.39. The second-order valence-corrected chi connectivity index (χ2v) is 4.77. The second kappa shape index (κ2) is 6.04. The Kier molecular flexibility index (Phi) is 4.40. The van der Waals surface area contributed by atoms with Gasteiger partial charge in [0.05, 0.1) is 12.8 Å². The van der Waals surface area contributed by atoms with E-state index in [0.717, 1.165) is 22.4 Å². The maximum atomic E-state index is 6.24. The summed E-state index contributed by atoms with van der Waals surface area (Å²) in [5.74, 6) is 0.757. The van der Waals surface area contributed by atoms with Gasteiger partial charge in [0.2, 0.25) is 0 Å². The van der Waals surface area contributed by atoms with Crippen LogP contribution in [0.1, 0.15) is 25.5 Å². The van der Waals surface area contributed by atoms with Gasteiger partial charge in [0.25, 0.3) is 0 Å². The quantitative estimate of drug-likeness (QED) is 0.923. The lowest BCUT2D eigenvalue weighted by molar-refractivity contribution is 0.339. The van der Waals surface area contributed by atoms with E-state index >= 15 is 0 Å². The van der Waals surface area contributed by atoms with E-state index in [1.165, 1.54) is 0 Å². The van der Waals surface area contributed by atoms with Crippen molar-refractivity contribution in [1.82, 2.24) is 4.98 Å². The second-order valence-electron chi connectivity index (χ2n) is 4.37. The summed E-state index contributed by atoms with van der Waals surface area (Å²) in [6.45, 7) is 4.48. The van der Waals surface area contributed by atoms with Gasteiger partial charge in [-0.2, -0.15) is 0 Å². The number of hydrogen-bond acceptors (Lipinski definition) is 3. The molecule has 3 nitrogen and oxygen atoms in total. The molecule has 1 aromatic carbocycles. The van der Waals surface area contributed by atoms with Gasteiger partial charge in [-0.1, -0.05) is 23.7 Å². The maximum absolute atomic E-state index is 6.24. The van der Waals surface area contributed by atoms with Gasteiger partial charge >= 0.3 is 0 Å². The van der Waals surface area contributed by atoms with Crippen molar-refractivity contribution >= 4 is 11.6 Å². The lowest BCUT2D eigenvalue weighted by atomic mass is 10.0. The first-order valence-corrected chi connectivity index (χ1v) is 6.63. The minimum absolute atomic E-state index is 0.0746. The Morgan fingerprint density at radius 1 is 1.26 bits per heavy atom. The van der Waals surface area contributed by atoms with Crippen LogP contribution in [0.4, 0.5) is 0 Å². The van der Waals surface area contributed by atoms with Gasteiger partial charge in [-0.3, -0.25) is 4.98 Å². The van der Waals surface area contributed by atoms with Gasteiger partial charge in [0, 0.05) is 22.8 Å². The minimum Gasteiger partial charge on any atom is -0.492 e. The molecule has 2 aromatic rings. The first kappa shape index (κ1) is 13.8. The maximum Gasteiger partial charge on any atom is 0.138 e. The Morgan fingerprint density at radius 3 is 2.68 bits per heavy atom. The van der Waals surface area contributed by atoms with E-state index in [4.69, 9.17) is 22.1 Å². The van der Waals surface area contributed by atoms with Crippen LogP contribution in [0.3, 0.4) is 0 Å².